The molecule has 2 aliphatic rings. The molecule has 0 saturated carbocycles. The fourth-order valence-electron chi connectivity index (χ4n) is 5.47. The number of amides is 1. The highest BCUT2D eigenvalue weighted by Crippen LogP contribution is 2.39. The van der Waals surface area contributed by atoms with E-state index in [9.17, 15) is 22.4 Å². The number of carbonyl (C=O) groups is 1. The van der Waals surface area contributed by atoms with E-state index < -0.39 is 11.9 Å². The number of nitrogens with zero attached hydrogens (tertiary/aromatic N) is 4. The third-order valence-electron chi connectivity index (χ3n) is 7.31. The Hall–Kier alpha value is -4.19. The van der Waals surface area contributed by atoms with Crippen molar-refractivity contribution < 1.29 is 31.5 Å². The zero-order chi connectivity index (χ0) is 27.5. The molecule has 8 nitrogen and oxygen atoms in total. The number of likely N-dealkylation sites (tertiary alicyclic amines) is 1. The van der Waals surface area contributed by atoms with Gasteiger partial charge in [0.1, 0.15) is 22.8 Å². The molecule has 2 aromatic carbocycles. The van der Waals surface area contributed by atoms with Gasteiger partial charge in [-0.25, -0.2) is 14.4 Å². The first-order valence-electron chi connectivity index (χ1n) is 12.3. The van der Waals surface area contributed by atoms with Gasteiger partial charge in [-0.3, -0.25) is 4.79 Å². The predicted molar refractivity (Wildman–Crippen MR) is 134 cm³/mol. The van der Waals surface area contributed by atoms with Crippen molar-refractivity contribution in [2.75, 3.05) is 25.1 Å². The number of hydrogen-bond acceptors (Lipinski definition) is 7. The van der Waals surface area contributed by atoms with E-state index in [0.29, 0.717) is 24.0 Å². The molecular formula is C27H23F4N5O3. The van der Waals surface area contributed by atoms with Crippen LogP contribution in [0.15, 0.2) is 52.9 Å². The van der Waals surface area contributed by atoms with Crippen molar-refractivity contribution in [3.05, 3.63) is 71.5 Å². The second kappa shape index (κ2) is 9.23. The quantitative estimate of drug-likeness (QED) is 0.369. The highest BCUT2D eigenvalue weighted by atomic mass is 19.4. The van der Waals surface area contributed by atoms with Crippen LogP contribution in [0.4, 0.5) is 23.2 Å². The van der Waals surface area contributed by atoms with Crippen molar-refractivity contribution in [2.24, 2.45) is 5.73 Å². The molecule has 2 aromatic heterocycles. The SMILES string of the molecule is COc1ccc(-c2nc(C(=O)N3CC4CC3CN4c3ccc(F)cc3)c(CN)o2)c2ccc(C(F)(F)F)nc12. The van der Waals surface area contributed by atoms with Gasteiger partial charge >= 0.3 is 6.18 Å². The topological polar surface area (TPSA) is 97.7 Å². The summed E-state index contributed by atoms with van der Waals surface area (Å²) in [6.45, 7) is 0.964. The number of rotatable bonds is 5. The Morgan fingerprint density at radius 2 is 1.85 bits per heavy atom. The number of nitrogens with two attached hydrogens (primary N) is 1. The number of fused-ring (bicyclic) bond motifs is 3. The lowest BCUT2D eigenvalue weighted by Gasteiger charge is -2.35. The summed E-state index contributed by atoms with van der Waals surface area (Å²) in [7, 11) is 1.34. The van der Waals surface area contributed by atoms with Crippen molar-refractivity contribution in [3.8, 4) is 17.2 Å². The van der Waals surface area contributed by atoms with E-state index in [1.54, 1.807) is 23.1 Å². The number of oxazole rings is 1. The summed E-state index contributed by atoms with van der Waals surface area (Å²) >= 11 is 0. The molecule has 4 heterocycles. The van der Waals surface area contributed by atoms with E-state index in [2.05, 4.69) is 14.9 Å². The highest BCUT2D eigenvalue weighted by Gasteiger charge is 2.46. The summed E-state index contributed by atoms with van der Waals surface area (Å²) in [6.07, 6.45) is -3.87. The fourth-order valence-corrected chi connectivity index (χ4v) is 5.47. The summed E-state index contributed by atoms with van der Waals surface area (Å²) in [5.41, 5.74) is 6.14. The number of aromatic nitrogens is 2. The highest BCUT2D eigenvalue weighted by molar-refractivity contribution is 5.98. The zero-order valence-corrected chi connectivity index (χ0v) is 20.7. The van der Waals surface area contributed by atoms with Gasteiger partial charge in [-0.05, 0) is 55.0 Å². The van der Waals surface area contributed by atoms with Crippen molar-refractivity contribution in [1.82, 2.24) is 14.9 Å². The Labute approximate surface area is 220 Å². The molecule has 2 atom stereocenters. The Kier molecular flexibility index (Phi) is 5.94. The van der Waals surface area contributed by atoms with Crippen LogP contribution in [-0.2, 0) is 12.7 Å². The van der Waals surface area contributed by atoms with Gasteiger partial charge < -0.3 is 24.7 Å². The van der Waals surface area contributed by atoms with Crippen LogP contribution in [0.3, 0.4) is 0 Å². The summed E-state index contributed by atoms with van der Waals surface area (Å²) in [4.78, 5) is 25.7. The Morgan fingerprint density at radius 1 is 1.08 bits per heavy atom. The third kappa shape index (κ3) is 4.24. The molecule has 2 N–H and O–H groups in total. The first kappa shape index (κ1) is 25.1. The smallest absolute Gasteiger partial charge is 0.433 e. The molecule has 0 radical (unpaired) electrons. The third-order valence-corrected chi connectivity index (χ3v) is 7.31. The van der Waals surface area contributed by atoms with Crippen molar-refractivity contribution >= 4 is 22.5 Å². The molecule has 2 aliphatic heterocycles. The molecular weight excluding hydrogens is 518 g/mol. The number of pyridine rings is 1. The number of methoxy groups -OCH3 is 1. The number of ether oxygens (including phenoxy) is 1. The van der Waals surface area contributed by atoms with Crippen molar-refractivity contribution in [2.45, 2.75) is 31.2 Å². The van der Waals surface area contributed by atoms with E-state index in [1.165, 1.54) is 31.4 Å². The van der Waals surface area contributed by atoms with Crippen LogP contribution in [0.2, 0.25) is 0 Å². The largest absolute Gasteiger partial charge is 0.494 e. The van der Waals surface area contributed by atoms with Gasteiger partial charge in [0.15, 0.2) is 11.5 Å². The van der Waals surface area contributed by atoms with E-state index in [1.807, 2.05) is 0 Å². The van der Waals surface area contributed by atoms with E-state index >= 15 is 0 Å². The predicted octanol–water partition coefficient (Wildman–Crippen LogP) is 4.62. The Morgan fingerprint density at radius 3 is 2.49 bits per heavy atom. The van der Waals surface area contributed by atoms with Gasteiger partial charge in [0.2, 0.25) is 5.89 Å². The van der Waals surface area contributed by atoms with Gasteiger partial charge in [-0.1, -0.05) is 0 Å². The van der Waals surface area contributed by atoms with Gasteiger partial charge in [-0.15, -0.1) is 0 Å². The summed E-state index contributed by atoms with van der Waals surface area (Å²) < 4.78 is 64.4. The van der Waals surface area contributed by atoms with Crippen LogP contribution < -0.4 is 15.4 Å². The van der Waals surface area contributed by atoms with E-state index in [0.717, 1.165) is 18.2 Å². The number of anilines is 1. The maximum atomic E-state index is 13.6. The average molecular weight is 542 g/mol. The number of hydrogen-bond donors (Lipinski definition) is 1. The number of benzene rings is 2. The van der Waals surface area contributed by atoms with Crippen LogP contribution in [-0.4, -0.2) is 53.1 Å². The molecule has 0 spiro atoms. The molecule has 2 unspecified atom stereocenters. The van der Waals surface area contributed by atoms with Crippen LogP contribution in [0.25, 0.3) is 22.4 Å². The Balaban J connectivity index is 1.31. The molecule has 202 valence electrons. The van der Waals surface area contributed by atoms with Crippen LogP contribution in [0.5, 0.6) is 5.75 Å². The van der Waals surface area contributed by atoms with E-state index in [4.69, 9.17) is 14.9 Å². The zero-order valence-electron chi connectivity index (χ0n) is 20.7. The minimum Gasteiger partial charge on any atom is -0.494 e. The lowest BCUT2D eigenvalue weighted by atomic mass is 10.1. The van der Waals surface area contributed by atoms with Gasteiger partial charge in [-0.2, -0.15) is 13.2 Å². The molecule has 4 aromatic rings. The summed E-state index contributed by atoms with van der Waals surface area (Å²) in [6, 6.07) is 11.5. The monoisotopic (exact) mass is 541 g/mol. The average Bonchev–Trinajstić information content (AvgIpc) is 3.66. The van der Waals surface area contributed by atoms with Crippen LogP contribution in [0, 0.1) is 5.82 Å². The molecule has 2 saturated heterocycles. The van der Waals surface area contributed by atoms with Crippen LogP contribution in [0.1, 0.15) is 28.4 Å². The van der Waals surface area contributed by atoms with E-state index in [-0.39, 0.29) is 59.0 Å². The van der Waals surface area contributed by atoms with Crippen LogP contribution >= 0.6 is 0 Å². The lowest BCUT2D eigenvalue weighted by molar-refractivity contribution is -0.140. The fraction of sp³-hybridized carbons (Fsp3) is 0.296. The standard InChI is InChI=1S/C27H23F4N5O3/c1-38-20-8-6-19(18-7-9-22(27(29,30)31)33-23(18)20)25-34-24(21(11-32)39-25)26(37)36-13-16-10-17(36)12-35(16)15-4-2-14(28)3-5-15/h2-9,16-17H,10-13,32H2,1H3. The minimum atomic E-state index is -4.63. The lowest BCUT2D eigenvalue weighted by Crippen LogP contribution is -2.49. The minimum absolute atomic E-state index is 0.0112. The number of piperazine rings is 1. The molecule has 12 heteroatoms. The second-order valence-electron chi connectivity index (χ2n) is 9.53. The van der Waals surface area contributed by atoms with Crippen molar-refractivity contribution in [1.29, 1.82) is 0 Å². The molecule has 0 aliphatic carbocycles. The second-order valence-corrected chi connectivity index (χ2v) is 9.53. The normalized spacial score (nSPS) is 18.8. The molecule has 1 amide bonds. The molecule has 6 rings (SSSR count). The summed E-state index contributed by atoms with van der Waals surface area (Å²) in [5.74, 6) is -0.257. The first-order chi connectivity index (χ1) is 18.7. The number of alkyl halides is 3. The molecule has 39 heavy (non-hydrogen) atoms. The van der Waals surface area contributed by atoms with Gasteiger partial charge in [0, 0.05) is 35.8 Å². The number of halogens is 4. The maximum Gasteiger partial charge on any atom is 0.433 e. The summed E-state index contributed by atoms with van der Waals surface area (Å²) in [5, 5.41) is 0.321. The number of carbonyl (C=O) groups excluding carboxylic acids is 1. The molecule has 2 fully saturated rings. The van der Waals surface area contributed by atoms with Crippen molar-refractivity contribution in [3.63, 3.8) is 0 Å². The Bertz CT molecular complexity index is 1570. The molecule has 2 bridgehead atoms. The van der Waals surface area contributed by atoms with Gasteiger partial charge in [0.05, 0.1) is 19.7 Å². The maximum absolute atomic E-state index is 13.6. The first-order valence-corrected chi connectivity index (χ1v) is 12.3. The van der Waals surface area contributed by atoms with Gasteiger partial charge in [0.25, 0.3) is 5.91 Å².